The molecule has 90 valence electrons. The molecule has 0 spiro atoms. The smallest absolute Gasteiger partial charge is 0.199 e. The van der Waals surface area contributed by atoms with Crippen LogP contribution in [0.1, 0.15) is 25.7 Å². The molecule has 2 aromatic rings. The molecule has 1 saturated carbocycles. The number of hydrogen-bond donors (Lipinski definition) is 2. The molecule has 7 heteroatoms. The molecule has 0 amide bonds. The van der Waals surface area contributed by atoms with Crippen molar-refractivity contribution in [1.29, 1.82) is 0 Å². The molecule has 0 radical (unpaired) electrons. The number of fused-ring (bicyclic) bond motifs is 1. The molecule has 1 fully saturated rings. The van der Waals surface area contributed by atoms with Gasteiger partial charge in [-0.25, -0.2) is 0 Å². The number of rotatable bonds is 3. The van der Waals surface area contributed by atoms with Crippen molar-refractivity contribution < 1.29 is 5.11 Å². The Bertz CT molecular complexity index is 518. The topological polar surface area (TPSA) is 88.2 Å². The van der Waals surface area contributed by atoms with Crippen LogP contribution < -0.4 is 5.32 Å². The van der Waals surface area contributed by atoms with Gasteiger partial charge in [0.1, 0.15) is 0 Å². The van der Waals surface area contributed by atoms with E-state index in [1.54, 1.807) is 16.9 Å². The maximum atomic E-state index is 9.56. The zero-order chi connectivity index (χ0) is 11.7. The van der Waals surface area contributed by atoms with E-state index in [0.717, 1.165) is 31.5 Å². The van der Waals surface area contributed by atoms with Crippen molar-refractivity contribution in [3.05, 3.63) is 12.4 Å². The molecular formula is C10H14N6O. The zero-order valence-electron chi connectivity index (χ0n) is 9.37. The molecule has 17 heavy (non-hydrogen) atoms. The lowest BCUT2D eigenvalue weighted by atomic mass is 9.99. The van der Waals surface area contributed by atoms with E-state index in [1.165, 1.54) is 0 Å². The predicted octanol–water partition coefficient (Wildman–Crippen LogP) is 0.236. The van der Waals surface area contributed by atoms with Gasteiger partial charge in [0.25, 0.3) is 0 Å². The Morgan fingerprint density at radius 2 is 2.18 bits per heavy atom. The molecule has 7 nitrogen and oxygen atoms in total. The molecule has 3 rings (SSSR count). The SMILES string of the molecule is OCC1(Nc2cncc3nnnn23)CCCC1. The number of hydrogen-bond acceptors (Lipinski definition) is 6. The maximum Gasteiger partial charge on any atom is 0.199 e. The van der Waals surface area contributed by atoms with Gasteiger partial charge in [-0.1, -0.05) is 12.8 Å². The summed E-state index contributed by atoms with van der Waals surface area (Å²) in [5, 5.41) is 24.2. The first-order valence-corrected chi connectivity index (χ1v) is 5.74. The minimum atomic E-state index is -0.248. The zero-order valence-corrected chi connectivity index (χ0v) is 9.37. The van der Waals surface area contributed by atoms with E-state index in [-0.39, 0.29) is 12.1 Å². The first-order chi connectivity index (χ1) is 8.33. The number of nitrogens with one attached hydrogen (secondary N) is 1. The third kappa shape index (κ3) is 1.72. The van der Waals surface area contributed by atoms with Gasteiger partial charge in [-0.15, -0.1) is 5.10 Å². The standard InChI is InChI=1S/C10H14N6O/c17-7-10(3-1-2-4-10)12-8-5-11-6-9-13-14-15-16(8)9/h5-6,12,17H,1-4,7H2. The van der Waals surface area contributed by atoms with E-state index in [4.69, 9.17) is 0 Å². The minimum Gasteiger partial charge on any atom is -0.394 e. The van der Waals surface area contributed by atoms with Crippen molar-refractivity contribution in [1.82, 2.24) is 25.0 Å². The monoisotopic (exact) mass is 234 g/mol. The summed E-state index contributed by atoms with van der Waals surface area (Å²) >= 11 is 0. The van der Waals surface area contributed by atoms with Gasteiger partial charge in [-0.2, -0.15) is 4.52 Å². The molecule has 1 aliphatic carbocycles. The van der Waals surface area contributed by atoms with Crippen LogP contribution in [0.4, 0.5) is 5.82 Å². The van der Waals surface area contributed by atoms with E-state index < -0.39 is 0 Å². The molecule has 0 unspecified atom stereocenters. The first kappa shape index (κ1) is 10.4. The van der Waals surface area contributed by atoms with Gasteiger partial charge in [0.2, 0.25) is 0 Å². The van der Waals surface area contributed by atoms with Crippen molar-refractivity contribution in [3.8, 4) is 0 Å². The van der Waals surface area contributed by atoms with Crippen LogP contribution in [-0.2, 0) is 0 Å². The van der Waals surface area contributed by atoms with E-state index in [1.807, 2.05) is 0 Å². The molecule has 0 saturated heterocycles. The fourth-order valence-electron chi connectivity index (χ4n) is 2.41. The molecule has 0 aliphatic heterocycles. The van der Waals surface area contributed by atoms with Crippen LogP contribution in [-0.4, -0.2) is 42.3 Å². The fourth-order valence-corrected chi connectivity index (χ4v) is 2.41. The number of nitrogens with zero attached hydrogens (tertiary/aromatic N) is 5. The lowest BCUT2D eigenvalue weighted by Gasteiger charge is -2.28. The van der Waals surface area contributed by atoms with E-state index >= 15 is 0 Å². The Morgan fingerprint density at radius 3 is 2.94 bits per heavy atom. The lowest BCUT2D eigenvalue weighted by Crippen LogP contribution is -2.39. The predicted molar refractivity (Wildman–Crippen MR) is 60.5 cm³/mol. The average Bonchev–Trinajstić information content (AvgIpc) is 2.98. The van der Waals surface area contributed by atoms with Crippen LogP contribution in [0, 0.1) is 0 Å². The van der Waals surface area contributed by atoms with Crippen molar-refractivity contribution in [2.75, 3.05) is 11.9 Å². The summed E-state index contributed by atoms with van der Waals surface area (Å²) in [5.41, 5.74) is 0.350. The maximum absolute atomic E-state index is 9.56. The summed E-state index contributed by atoms with van der Waals surface area (Å²) in [4.78, 5) is 4.09. The van der Waals surface area contributed by atoms with Crippen LogP contribution in [0.5, 0.6) is 0 Å². The second-order valence-electron chi connectivity index (χ2n) is 4.51. The molecule has 2 aromatic heterocycles. The average molecular weight is 234 g/mol. The van der Waals surface area contributed by atoms with Gasteiger partial charge in [0, 0.05) is 0 Å². The highest BCUT2D eigenvalue weighted by molar-refractivity contribution is 5.45. The third-order valence-electron chi connectivity index (χ3n) is 3.37. The largest absolute Gasteiger partial charge is 0.394 e. The van der Waals surface area contributed by atoms with Crippen molar-refractivity contribution in [2.24, 2.45) is 0 Å². The number of tetrazole rings is 1. The number of anilines is 1. The minimum absolute atomic E-state index is 0.117. The Hall–Kier alpha value is -1.76. The van der Waals surface area contributed by atoms with E-state index in [2.05, 4.69) is 25.8 Å². The summed E-state index contributed by atoms with van der Waals surface area (Å²) < 4.78 is 1.60. The van der Waals surface area contributed by atoms with Crippen LogP contribution in [0.2, 0.25) is 0 Å². The highest BCUT2D eigenvalue weighted by atomic mass is 16.3. The highest BCUT2D eigenvalue weighted by Gasteiger charge is 2.33. The van der Waals surface area contributed by atoms with Crippen molar-refractivity contribution >= 4 is 11.5 Å². The fraction of sp³-hybridized carbons (Fsp3) is 0.600. The van der Waals surface area contributed by atoms with Crippen LogP contribution in [0.3, 0.4) is 0 Å². The molecule has 0 atom stereocenters. The molecule has 0 aromatic carbocycles. The normalized spacial score (nSPS) is 18.6. The highest BCUT2D eigenvalue weighted by Crippen LogP contribution is 2.32. The van der Waals surface area contributed by atoms with Crippen LogP contribution in [0.15, 0.2) is 12.4 Å². The second kappa shape index (κ2) is 3.92. The Labute approximate surface area is 97.9 Å². The first-order valence-electron chi connectivity index (χ1n) is 5.74. The lowest BCUT2D eigenvalue weighted by molar-refractivity contribution is 0.213. The van der Waals surface area contributed by atoms with E-state index in [9.17, 15) is 5.11 Å². The van der Waals surface area contributed by atoms with Crippen molar-refractivity contribution in [2.45, 2.75) is 31.2 Å². The number of aromatic nitrogens is 5. The van der Waals surface area contributed by atoms with Gasteiger partial charge in [0.05, 0.1) is 24.5 Å². The Kier molecular flexibility index (Phi) is 2.40. The molecule has 2 heterocycles. The Balaban J connectivity index is 1.96. The molecular weight excluding hydrogens is 220 g/mol. The number of aliphatic hydroxyl groups excluding tert-OH is 1. The van der Waals surface area contributed by atoms with Gasteiger partial charge >= 0.3 is 0 Å². The summed E-state index contributed by atoms with van der Waals surface area (Å²) in [6.45, 7) is 0.117. The summed E-state index contributed by atoms with van der Waals surface area (Å²) in [6, 6.07) is 0. The van der Waals surface area contributed by atoms with Gasteiger partial charge < -0.3 is 10.4 Å². The summed E-state index contributed by atoms with van der Waals surface area (Å²) in [5.74, 6) is 0.725. The van der Waals surface area contributed by atoms with Gasteiger partial charge in [-0.05, 0) is 23.3 Å². The molecule has 0 bridgehead atoms. The van der Waals surface area contributed by atoms with Gasteiger partial charge in [0.15, 0.2) is 11.5 Å². The van der Waals surface area contributed by atoms with Gasteiger partial charge in [-0.3, -0.25) is 4.98 Å². The van der Waals surface area contributed by atoms with Crippen LogP contribution >= 0.6 is 0 Å². The quantitative estimate of drug-likeness (QED) is 0.790. The summed E-state index contributed by atoms with van der Waals surface area (Å²) in [6.07, 6.45) is 7.47. The van der Waals surface area contributed by atoms with E-state index in [0.29, 0.717) is 5.65 Å². The third-order valence-corrected chi connectivity index (χ3v) is 3.37. The molecule has 1 aliphatic rings. The Morgan fingerprint density at radius 1 is 1.35 bits per heavy atom. The van der Waals surface area contributed by atoms with Crippen molar-refractivity contribution in [3.63, 3.8) is 0 Å². The number of aliphatic hydroxyl groups is 1. The van der Waals surface area contributed by atoms with Crippen LogP contribution in [0.25, 0.3) is 5.65 Å². The summed E-state index contributed by atoms with van der Waals surface area (Å²) in [7, 11) is 0. The second-order valence-corrected chi connectivity index (χ2v) is 4.51. The molecule has 2 N–H and O–H groups in total.